The number of aliphatic carboxylic acids is 1. The SMILES string of the molecule is Cc1cccc(C(=O)N2CSC[C@@H]2C(=O)O)c1. The number of benzene rings is 1. The molecule has 1 N–H and O–H groups in total. The van der Waals surface area contributed by atoms with E-state index in [-0.39, 0.29) is 5.91 Å². The van der Waals surface area contributed by atoms with Gasteiger partial charge >= 0.3 is 5.97 Å². The molecule has 0 unspecified atom stereocenters. The molecule has 0 saturated carbocycles. The van der Waals surface area contributed by atoms with E-state index < -0.39 is 12.0 Å². The zero-order valence-electron chi connectivity index (χ0n) is 9.42. The second kappa shape index (κ2) is 4.79. The lowest BCUT2D eigenvalue weighted by molar-refractivity contribution is -0.140. The summed E-state index contributed by atoms with van der Waals surface area (Å²) in [6, 6.07) is 6.51. The second-order valence-electron chi connectivity index (χ2n) is 4.00. The van der Waals surface area contributed by atoms with Gasteiger partial charge in [-0.3, -0.25) is 4.79 Å². The Kier molecular flexibility index (Phi) is 3.38. The van der Waals surface area contributed by atoms with Gasteiger partial charge in [0.05, 0.1) is 5.88 Å². The van der Waals surface area contributed by atoms with E-state index in [1.165, 1.54) is 16.7 Å². The summed E-state index contributed by atoms with van der Waals surface area (Å²) in [7, 11) is 0. The fourth-order valence-electron chi connectivity index (χ4n) is 1.79. The summed E-state index contributed by atoms with van der Waals surface area (Å²) in [6.07, 6.45) is 0. The third-order valence-corrected chi connectivity index (χ3v) is 3.71. The largest absolute Gasteiger partial charge is 0.480 e. The zero-order chi connectivity index (χ0) is 12.4. The van der Waals surface area contributed by atoms with Gasteiger partial charge in [0, 0.05) is 11.3 Å². The number of hydrogen-bond donors (Lipinski definition) is 1. The predicted molar refractivity (Wildman–Crippen MR) is 66.1 cm³/mol. The molecule has 1 heterocycles. The molecule has 1 amide bonds. The third-order valence-electron chi connectivity index (χ3n) is 2.69. The second-order valence-corrected chi connectivity index (χ2v) is 5.00. The van der Waals surface area contributed by atoms with Crippen LogP contribution in [0.2, 0.25) is 0 Å². The standard InChI is InChI=1S/C12H13NO3S/c1-8-3-2-4-9(5-8)11(14)13-7-17-6-10(13)12(15)16/h2-5,10H,6-7H2,1H3,(H,15,16)/t10-/m1/s1. The normalized spacial score (nSPS) is 19.4. The van der Waals surface area contributed by atoms with Crippen LogP contribution < -0.4 is 0 Å². The van der Waals surface area contributed by atoms with Crippen LogP contribution in [0.3, 0.4) is 0 Å². The smallest absolute Gasteiger partial charge is 0.327 e. The molecule has 0 aliphatic carbocycles. The van der Waals surface area contributed by atoms with E-state index >= 15 is 0 Å². The number of carbonyl (C=O) groups excluding carboxylic acids is 1. The average molecular weight is 251 g/mol. The minimum Gasteiger partial charge on any atom is -0.480 e. The highest BCUT2D eigenvalue weighted by Crippen LogP contribution is 2.23. The maximum absolute atomic E-state index is 12.2. The highest BCUT2D eigenvalue weighted by atomic mass is 32.2. The zero-order valence-corrected chi connectivity index (χ0v) is 10.2. The van der Waals surface area contributed by atoms with Crippen LogP contribution in [0.15, 0.2) is 24.3 Å². The van der Waals surface area contributed by atoms with Gasteiger partial charge in [0.1, 0.15) is 6.04 Å². The van der Waals surface area contributed by atoms with Crippen LogP contribution in [0.25, 0.3) is 0 Å². The number of aryl methyl sites for hydroxylation is 1. The lowest BCUT2D eigenvalue weighted by atomic mass is 10.1. The van der Waals surface area contributed by atoms with Gasteiger partial charge in [-0.2, -0.15) is 0 Å². The first-order chi connectivity index (χ1) is 8.09. The Hall–Kier alpha value is -1.49. The molecule has 4 nitrogen and oxygen atoms in total. The van der Waals surface area contributed by atoms with Crippen molar-refractivity contribution in [1.82, 2.24) is 4.90 Å². The molecule has 0 aromatic heterocycles. The van der Waals surface area contributed by atoms with Gasteiger partial charge in [-0.1, -0.05) is 17.7 Å². The molecule has 0 bridgehead atoms. The molecule has 0 radical (unpaired) electrons. The maximum Gasteiger partial charge on any atom is 0.327 e. The first-order valence-corrected chi connectivity index (χ1v) is 6.43. The summed E-state index contributed by atoms with van der Waals surface area (Å²) in [5.41, 5.74) is 1.55. The number of amides is 1. The Morgan fingerprint density at radius 2 is 2.24 bits per heavy atom. The number of rotatable bonds is 2. The average Bonchev–Trinajstić information content (AvgIpc) is 2.77. The van der Waals surface area contributed by atoms with Gasteiger partial charge in [0.2, 0.25) is 0 Å². The highest BCUT2D eigenvalue weighted by molar-refractivity contribution is 7.99. The van der Waals surface area contributed by atoms with Gasteiger partial charge in [-0.25, -0.2) is 4.79 Å². The summed E-state index contributed by atoms with van der Waals surface area (Å²) >= 11 is 1.47. The fourth-order valence-corrected chi connectivity index (χ4v) is 2.94. The van der Waals surface area contributed by atoms with Gasteiger partial charge in [-0.15, -0.1) is 11.8 Å². The summed E-state index contributed by atoms with van der Waals surface area (Å²) in [5, 5.41) is 9.03. The monoisotopic (exact) mass is 251 g/mol. The molecule has 1 aromatic carbocycles. The van der Waals surface area contributed by atoms with Crippen molar-refractivity contribution >= 4 is 23.6 Å². The van der Waals surface area contributed by atoms with Crippen LogP contribution in [0.1, 0.15) is 15.9 Å². The molecule has 1 fully saturated rings. The first-order valence-electron chi connectivity index (χ1n) is 5.28. The Bertz CT molecular complexity index is 461. The number of carbonyl (C=O) groups is 2. The quantitative estimate of drug-likeness (QED) is 0.867. The minimum atomic E-state index is -0.934. The number of nitrogens with zero attached hydrogens (tertiary/aromatic N) is 1. The fraction of sp³-hybridized carbons (Fsp3) is 0.333. The van der Waals surface area contributed by atoms with Gasteiger partial charge in [0.15, 0.2) is 0 Å². The van der Waals surface area contributed by atoms with Gasteiger partial charge in [0.25, 0.3) is 5.91 Å². The number of carboxylic acid groups (broad SMARTS) is 1. The van der Waals surface area contributed by atoms with E-state index in [1.54, 1.807) is 12.1 Å². The number of carboxylic acids is 1. The predicted octanol–water partition coefficient (Wildman–Crippen LogP) is 1.59. The molecule has 1 aliphatic heterocycles. The van der Waals surface area contributed by atoms with Crippen LogP contribution in [-0.2, 0) is 4.79 Å². The maximum atomic E-state index is 12.2. The Balaban J connectivity index is 2.23. The summed E-state index contributed by atoms with van der Waals surface area (Å²) < 4.78 is 0. The third kappa shape index (κ3) is 2.44. The van der Waals surface area contributed by atoms with Crippen molar-refractivity contribution in [3.05, 3.63) is 35.4 Å². The highest BCUT2D eigenvalue weighted by Gasteiger charge is 2.34. The van der Waals surface area contributed by atoms with Crippen molar-refractivity contribution in [2.45, 2.75) is 13.0 Å². The van der Waals surface area contributed by atoms with Gasteiger partial charge < -0.3 is 10.0 Å². The summed E-state index contributed by atoms with van der Waals surface area (Å²) in [5.74, 6) is -0.224. The van der Waals surface area contributed by atoms with E-state index in [9.17, 15) is 9.59 Å². The Morgan fingerprint density at radius 1 is 1.47 bits per heavy atom. The molecule has 1 aliphatic rings. The molecule has 90 valence electrons. The molecule has 2 rings (SSSR count). The van der Waals surface area contributed by atoms with Gasteiger partial charge in [-0.05, 0) is 19.1 Å². The minimum absolute atomic E-state index is 0.203. The first kappa shape index (κ1) is 12.0. The number of hydrogen-bond acceptors (Lipinski definition) is 3. The lowest BCUT2D eigenvalue weighted by Gasteiger charge is -2.20. The summed E-state index contributed by atoms with van der Waals surface area (Å²) in [6.45, 7) is 1.91. The molecule has 1 atom stereocenters. The topological polar surface area (TPSA) is 57.6 Å². The van der Waals surface area contributed by atoms with Crippen LogP contribution in [0, 0.1) is 6.92 Å². The number of thioether (sulfide) groups is 1. The van der Waals surface area contributed by atoms with E-state index in [0.717, 1.165) is 5.56 Å². The summed E-state index contributed by atoms with van der Waals surface area (Å²) in [4.78, 5) is 24.6. The van der Waals surface area contributed by atoms with E-state index in [2.05, 4.69) is 0 Å². The van der Waals surface area contributed by atoms with Crippen molar-refractivity contribution in [3.8, 4) is 0 Å². The van der Waals surface area contributed by atoms with Crippen LogP contribution in [0.5, 0.6) is 0 Å². The van der Waals surface area contributed by atoms with E-state index in [1.807, 2.05) is 19.1 Å². The van der Waals surface area contributed by atoms with Crippen LogP contribution >= 0.6 is 11.8 Å². The van der Waals surface area contributed by atoms with Crippen molar-refractivity contribution in [2.24, 2.45) is 0 Å². The lowest BCUT2D eigenvalue weighted by Crippen LogP contribution is -2.41. The molecule has 0 spiro atoms. The Morgan fingerprint density at radius 3 is 2.88 bits per heavy atom. The van der Waals surface area contributed by atoms with Crippen molar-refractivity contribution < 1.29 is 14.7 Å². The van der Waals surface area contributed by atoms with Crippen LogP contribution in [-0.4, -0.2) is 39.6 Å². The Labute approximate surface area is 104 Å². The molecule has 17 heavy (non-hydrogen) atoms. The molecule has 1 saturated heterocycles. The van der Waals surface area contributed by atoms with Crippen molar-refractivity contribution in [3.63, 3.8) is 0 Å². The molecular weight excluding hydrogens is 238 g/mol. The van der Waals surface area contributed by atoms with Crippen molar-refractivity contribution in [1.29, 1.82) is 0 Å². The molecular formula is C12H13NO3S. The van der Waals surface area contributed by atoms with E-state index in [4.69, 9.17) is 5.11 Å². The molecule has 1 aromatic rings. The van der Waals surface area contributed by atoms with Crippen molar-refractivity contribution in [2.75, 3.05) is 11.6 Å². The van der Waals surface area contributed by atoms with E-state index in [0.29, 0.717) is 17.2 Å². The van der Waals surface area contributed by atoms with Crippen LogP contribution in [0.4, 0.5) is 0 Å². The molecule has 5 heteroatoms.